The van der Waals surface area contributed by atoms with Crippen molar-refractivity contribution < 1.29 is 4.74 Å². The van der Waals surface area contributed by atoms with Gasteiger partial charge in [-0.1, -0.05) is 24.6 Å². The van der Waals surface area contributed by atoms with Gasteiger partial charge in [0.2, 0.25) is 0 Å². The van der Waals surface area contributed by atoms with Gasteiger partial charge in [0.05, 0.1) is 7.11 Å². The van der Waals surface area contributed by atoms with E-state index in [-0.39, 0.29) is 6.04 Å². The molecule has 0 spiro atoms. The topological polar surface area (TPSA) is 21.3 Å². The molecule has 2 aromatic rings. The van der Waals surface area contributed by atoms with Crippen LogP contribution in [0.25, 0.3) is 0 Å². The third-order valence-corrected chi connectivity index (χ3v) is 4.20. The highest BCUT2D eigenvalue weighted by atomic mass is 35.5. The molecule has 1 aromatic carbocycles. The van der Waals surface area contributed by atoms with E-state index in [0.717, 1.165) is 30.7 Å². The van der Waals surface area contributed by atoms with Crippen molar-refractivity contribution in [2.45, 2.75) is 25.8 Å². The Morgan fingerprint density at radius 3 is 2.85 bits per heavy atom. The number of rotatable bonds is 7. The van der Waals surface area contributed by atoms with Crippen molar-refractivity contribution in [1.82, 2.24) is 5.32 Å². The number of nitrogens with one attached hydrogen (secondary N) is 1. The van der Waals surface area contributed by atoms with Gasteiger partial charge in [-0.2, -0.15) is 11.3 Å². The van der Waals surface area contributed by atoms with E-state index in [1.165, 1.54) is 5.56 Å². The zero-order chi connectivity index (χ0) is 14.4. The summed E-state index contributed by atoms with van der Waals surface area (Å²) in [5.74, 6) is 0.848. The molecule has 108 valence electrons. The van der Waals surface area contributed by atoms with E-state index in [2.05, 4.69) is 35.1 Å². The summed E-state index contributed by atoms with van der Waals surface area (Å²) in [5, 5.41) is 8.62. The molecule has 20 heavy (non-hydrogen) atoms. The van der Waals surface area contributed by atoms with Crippen molar-refractivity contribution in [2.24, 2.45) is 0 Å². The van der Waals surface area contributed by atoms with Crippen LogP contribution in [0.5, 0.6) is 5.75 Å². The summed E-state index contributed by atoms with van der Waals surface area (Å²) < 4.78 is 5.48. The molecule has 0 aliphatic rings. The van der Waals surface area contributed by atoms with Crippen molar-refractivity contribution in [3.8, 4) is 5.75 Å². The molecule has 1 heterocycles. The first-order valence-corrected chi connectivity index (χ1v) is 8.14. The summed E-state index contributed by atoms with van der Waals surface area (Å²) in [5.41, 5.74) is 2.51. The van der Waals surface area contributed by atoms with Crippen LogP contribution in [-0.4, -0.2) is 13.7 Å². The molecule has 1 N–H and O–H groups in total. The van der Waals surface area contributed by atoms with Gasteiger partial charge in [-0.15, -0.1) is 0 Å². The van der Waals surface area contributed by atoms with E-state index < -0.39 is 0 Å². The molecule has 0 bridgehead atoms. The van der Waals surface area contributed by atoms with E-state index >= 15 is 0 Å². The van der Waals surface area contributed by atoms with Crippen LogP contribution in [0.1, 0.15) is 30.5 Å². The van der Waals surface area contributed by atoms with Gasteiger partial charge in [-0.05, 0) is 53.9 Å². The minimum absolute atomic E-state index is 0.247. The first-order chi connectivity index (χ1) is 9.74. The molecule has 0 aliphatic heterocycles. The molecule has 0 saturated heterocycles. The number of thiophene rings is 1. The van der Waals surface area contributed by atoms with Crippen LogP contribution in [0.2, 0.25) is 5.02 Å². The molecule has 1 unspecified atom stereocenters. The van der Waals surface area contributed by atoms with Crippen LogP contribution in [0.15, 0.2) is 35.0 Å². The van der Waals surface area contributed by atoms with Gasteiger partial charge in [0.25, 0.3) is 0 Å². The van der Waals surface area contributed by atoms with Gasteiger partial charge >= 0.3 is 0 Å². The third-order valence-electron chi connectivity index (χ3n) is 3.23. The Hall–Kier alpha value is -1.03. The lowest BCUT2D eigenvalue weighted by atomic mass is 9.99. The van der Waals surface area contributed by atoms with Crippen LogP contribution in [0.3, 0.4) is 0 Å². The zero-order valence-corrected chi connectivity index (χ0v) is 13.4. The lowest BCUT2D eigenvalue weighted by molar-refractivity contribution is 0.398. The van der Waals surface area contributed by atoms with Crippen LogP contribution in [0.4, 0.5) is 0 Å². The zero-order valence-electron chi connectivity index (χ0n) is 11.9. The second kappa shape index (κ2) is 7.67. The number of benzene rings is 1. The largest absolute Gasteiger partial charge is 0.496 e. The first kappa shape index (κ1) is 15.4. The maximum absolute atomic E-state index is 6.05. The molecule has 2 rings (SSSR count). The van der Waals surface area contributed by atoms with Crippen LogP contribution >= 0.6 is 22.9 Å². The van der Waals surface area contributed by atoms with Crippen LogP contribution in [0, 0.1) is 0 Å². The number of methoxy groups -OCH3 is 1. The Morgan fingerprint density at radius 2 is 2.20 bits per heavy atom. The molecule has 0 saturated carbocycles. The fourth-order valence-electron chi connectivity index (χ4n) is 2.23. The van der Waals surface area contributed by atoms with E-state index in [4.69, 9.17) is 16.3 Å². The lowest BCUT2D eigenvalue weighted by Gasteiger charge is -2.21. The minimum atomic E-state index is 0.247. The Morgan fingerprint density at radius 1 is 1.35 bits per heavy atom. The fourth-order valence-corrected chi connectivity index (χ4v) is 3.07. The molecule has 1 aromatic heterocycles. The van der Waals surface area contributed by atoms with E-state index in [1.54, 1.807) is 18.4 Å². The SMILES string of the molecule is CCCNC(Cc1ccsc1)c1ccc(Cl)cc1OC. The average Bonchev–Trinajstić information content (AvgIpc) is 2.96. The number of halogens is 1. The molecule has 0 amide bonds. The van der Waals surface area contributed by atoms with E-state index in [1.807, 2.05) is 12.1 Å². The van der Waals surface area contributed by atoms with Gasteiger partial charge in [-0.25, -0.2) is 0 Å². The second-order valence-corrected chi connectivity index (χ2v) is 5.95. The third kappa shape index (κ3) is 3.98. The summed E-state index contributed by atoms with van der Waals surface area (Å²) in [7, 11) is 1.69. The maximum atomic E-state index is 6.05. The average molecular weight is 310 g/mol. The van der Waals surface area contributed by atoms with Gasteiger partial charge in [0.15, 0.2) is 0 Å². The van der Waals surface area contributed by atoms with Crippen molar-refractivity contribution in [1.29, 1.82) is 0 Å². The van der Waals surface area contributed by atoms with Gasteiger partial charge in [0.1, 0.15) is 5.75 Å². The van der Waals surface area contributed by atoms with E-state index in [0.29, 0.717) is 5.02 Å². The molecular formula is C16H20ClNOS. The molecule has 0 aliphatic carbocycles. The van der Waals surface area contributed by atoms with Crippen molar-refractivity contribution in [2.75, 3.05) is 13.7 Å². The Bertz CT molecular complexity index is 527. The van der Waals surface area contributed by atoms with Crippen molar-refractivity contribution >= 4 is 22.9 Å². The summed E-state index contributed by atoms with van der Waals surface area (Å²) >= 11 is 7.78. The van der Waals surface area contributed by atoms with Gasteiger partial charge in [0, 0.05) is 16.6 Å². The first-order valence-electron chi connectivity index (χ1n) is 6.82. The molecule has 0 radical (unpaired) electrons. The maximum Gasteiger partial charge on any atom is 0.125 e. The highest BCUT2D eigenvalue weighted by Gasteiger charge is 2.16. The Balaban J connectivity index is 2.25. The normalized spacial score (nSPS) is 12.3. The van der Waals surface area contributed by atoms with Crippen molar-refractivity contribution in [3.63, 3.8) is 0 Å². The summed E-state index contributed by atoms with van der Waals surface area (Å²) in [6.45, 7) is 3.16. The summed E-state index contributed by atoms with van der Waals surface area (Å²) in [6, 6.07) is 8.28. The van der Waals surface area contributed by atoms with Crippen LogP contribution in [-0.2, 0) is 6.42 Å². The number of hydrogen-bond donors (Lipinski definition) is 1. The van der Waals surface area contributed by atoms with Crippen molar-refractivity contribution in [3.05, 3.63) is 51.2 Å². The second-order valence-electron chi connectivity index (χ2n) is 4.73. The Kier molecular flexibility index (Phi) is 5.89. The minimum Gasteiger partial charge on any atom is -0.496 e. The smallest absolute Gasteiger partial charge is 0.125 e. The number of ether oxygens (including phenoxy) is 1. The number of hydrogen-bond acceptors (Lipinski definition) is 3. The van der Waals surface area contributed by atoms with Gasteiger partial charge in [-0.3, -0.25) is 0 Å². The highest BCUT2D eigenvalue weighted by Crippen LogP contribution is 2.30. The molecule has 0 fully saturated rings. The molecule has 4 heteroatoms. The monoisotopic (exact) mass is 309 g/mol. The lowest BCUT2D eigenvalue weighted by Crippen LogP contribution is -2.24. The summed E-state index contributed by atoms with van der Waals surface area (Å²) in [6.07, 6.45) is 2.07. The molecule has 1 atom stereocenters. The summed E-state index contributed by atoms with van der Waals surface area (Å²) in [4.78, 5) is 0. The predicted octanol–water partition coefficient (Wildman–Crippen LogP) is 4.69. The molecule has 2 nitrogen and oxygen atoms in total. The predicted molar refractivity (Wildman–Crippen MR) is 87.1 cm³/mol. The van der Waals surface area contributed by atoms with E-state index in [9.17, 15) is 0 Å². The van der Waals surface area contributed by atoms with Gasteiger partial charge < -0.3 is 10.1 Å². The standard InChI is InChI=1S/C16H20ClNOS/c1-3-7-18-15(9-12-6-8-20-11-12)14-5-4-13(17)10-16(14)19-2/h4-6,8,10-11,15,18H,3,7,9H2,1-2H3. The quantitative estimate of drug-likeness (QED) is 0.801. The fraction of sp³-hybridized carbons (Fsp3) is 0.375. The highest BCUT2D eigenvalue weighted by molar-refractivity contribution is 7.07. The molecular weight excluding hydrogens is 290 g/mol. The Labute approximate surface area is 129 Å². The van der Waals surface area contributed by atoms with Crippen LogP contribution < -0.4 is 10.1 Å².